The van der Waals surface area contributed by atoms with Gasteiger partial charge in [-0.25, -0.2) is 0 Å². The van der Waals surface area contributed by atoms with E-state index in [1.807, 2.05) is 0 Å². The fourth-order valence-electron chi connectivity index (χ4n) is 3.19. The van der Waals surface area contributed by atoms with Gasteiger partial charge >= 0.3 is 0 Å². The Bertz CT molecular complexity index is 234. The number of likely N-dealkylation sites (tertiary alicyclic amines) is 1. The lowest BCUT2D eigenvalue weighted by Crippen LogP contribution is -2.49. The van der Waals surface area contributed by atoms with E-state index in [4.69, 9.17) is 4.74 Å². The van der Waals surface area contributed by atoms with Crippen molar-refractivity contribution in [2.24, 2.45) is 0 Å². The highest BCUT2D eigenvalue weighted by atomic mass is 16.5. The molecule has 2 aliphatic rings. The van der Waals surface area contributed by atoms with Crippen LogP contribution in [0.2, 0.25) is 0 Å². The number of nitrogens with one attached hydrogen (secondary N) is 1. The Balaban J connectivity index is 1.92. The van der Waals surface area contributed by atoms with Gasteiger partial charge in [-0.1, -0.05) is 13.3 Å². The van der Waals surface area contributed by atoms with Crippen LogP contribution in [0.3, 0.4) is 0 Å². The van der Waals surface area contributed by atoms with Crippen LogP contribution >= 0.6 is 0 Å². The molecule has 0 saturated carbocycles. The zero-order chi connectivity index (χ0) is 11.6. The van der Waals surface area contributed by atoms with Crippen LogP contribution in [0.1, 0.15) is 46.5 Å². The summed E-state index contributed by atoms with van der Waals surface area (Å²) in [5.74, 6) is 0. The Morgan fingerprint density at radius 3 is 2.88 bits per heavy atom. The predicted molar refractivity (Wildman–Crippen MR) is 66.5 cm³/mol. The van der Waals surface area contributed by atoms with Gasteiger partial charge in [0.25, 0.3) is 0 Å². The Kier molecular flexibility index (Phi) is 3.88. The molecule has 3 atom stereocenters. The molecule has 2 heterocycles. The van der Waals surface area contributed by atoms with Crippen molar-refractivity contribution in [2.75, 3.05) is 19.7 Å². The van der Waals surface area contributed by atoms with E-state index in [2.05, 4.69) is 31.0 Å². The average Bonchev–Trinajstić information content (AvgIpc) is 2.59. The molecule has 16 heavy (non-hydrogen) atoms. The van der Waals surface area contributed by atoms with Gasteiger partial charge in [0.2, 0.25) is 0 Å². The molecule has 0 amide bonds. The smallest absolute Gasteiger partial charge is 0.118 e. The summed E-state index contributed by atoms with van der Waals surface area (Å²) < 4.78 is 5.91. The largest absolute Gasteiger partial charge is 0.359 e. The maximum Gasteiger partial charge on any atom is 0.118 e. The Hall–Kier alpha value is -0.120. The first kappa shape index (κ1) is 12.3. The van der Waals surface area contributed by atoms with Crippen LogP contribution in [0, 0.1) is 0 Å². The summed E-state index contributed by atoms with van der Waals surface area (Å²) in [7, 11) is 0. The van der Waals surface area contributed by atoms with E-state index in [1.54, 1.807) is 0 Å². The predicted octanol–water partition coefficient (Wildman–Crippen LogP) is 1.98. The van der Waals surface area contributed by atoms with Crippen LogP contribution < -0.4 is 5.32 Å². The summed E-state index contributed by atoms with van der Waals surface area (Å²) in [4.78, 5) is 2.61. The summed E-state index contributed by atoms with van der Waals surface area (Å²) in [5, 5.41) is 3.57. The van der Waals surface area contributed by atoms with Crippen molar-refractivity contribution in [2.45, 2.75) is 64.3 Å². The number of rotatable bonds is 3. The third-order valence-electron chi connectivity index (χ3n) is 3.98. The molecule has 0 radical (unpaired) electrons. The highest BCUT2D eigenvalue weighted by Gasteiger charge is 2.37. The molecule has 0 aromatic carbocycles. The molecule has 2 fully saturated rings. The van der Waals surface area contributed by atoms with E-state index in [0.29, 0.717) is 12.1 Å². The number of hydrogen-bond acceptors (Lipinski definition) is 3. The second kappa shape index (κ2) is 5.03. The molecule has 0 aromatic heterocycles. The lowest BCUT2D eigenvalue weighted by Gasteiger charge is -2.39. The second-order valence-corrected chi connectivity index (χ2v) is 5.57. The van der Waals surface area contributed by atoms with Crippen LogP contribution in [0.25, 0.3) is 0 Å². The van der Waals surface area contributed by atoms with Crippen LogP contribution in [0.15, 0.2) is 0 Å². The minimum absolute atomic E-state index is 0.0884. The first-order chi connectivity index (χ1) is 7.63. The fraction of sp³-hybridized carbons (Fsp3) is 1.00. The number of piperidine rings is 1. The highest BCUT2D eigenvalue weighted by molar-refractivity contribution is 4.89. The average molecular weight is 226 g/mol. The molecular weight excluding hydrogens is 200 g/mol. The fourth-order valence-corrected chi connectivity index (χ4v) is 3.19. The molecule has 1 N–H and O–H groups in total. The quantitative estimate of drug-likeness (QED) is 0.796. The van der Waals surface area contributed by atoms with Crippen molar-refractivity contribution in [3.63, 3.8) is 0 Å². The molecule has 3 unspecified atom stereocenters. The maximum atomic E-state index is 5.91. The Morgan fingerprint density at radius 1 is 1.44 bits per heavy atom. The molecule has 3 heteroatoms. The second-order valence-electron chi connectivity index (χ2n) is 5.57. The third kappa shape index (κ3) is 2.76. The molecule has 94 valence electrons. The van der Waals surface area contributed by atoms with E-state index < -0.39 is 0 Å². The minimum Gasteiger partial charge on any atom is -0.359 e. The van der Waals surface area contributed by atoms with E-state index in [-0.39, 0.29) is 5.72 Å². The topological polar surface area (TPSA) is 24.5 Å². The number of nitrogens with zero attached hydrogens (tertiary/aromatic N) is 1. The monoisotopic (exact) mass is 226 g/mol. The third-order valence-corrected chi connectivity index (χ3v) is 3.98. The first-order valence-electron chi connectivity index (χ1n) is 6.78. The summed E-state index contributed by atoms with van der Waals surface area (Å²) in [5.41, 5.74) is -0.0884. The molecule has 0 spiro atoms. The molecule has 2 saturated heterocycles. The van der Waals surface area contributed by atoms with Crippen LogP contribution in [0.5, 0.6) is 0 Å². The van der Waals surface area contributed by atoms with E-state index in [9.17, 15) is 0 Å². The van der Waals surface area contributed by atoms with Crippen molar-refractivity contribution in [1.82, 2.24) is 10.2 Å². The van der Waals surface area contributed by atoms with E-state index in [1.165, 1.54) is 32.4 Å². The van der Waals surface area contributed by atoms with Crippen molar-refractivity contribution >= 4 is 0 Å². The van der Waals surface area contributed by atoms with E-state index in [0.717, 1.165) is 13.0 Å². The molecule has 2 rings (SSSR count). The van der Waals surface area contributed by atoms with Gasteiger partial charge in [0.1, 0.15) is 5.72 Å². The van der Waals surface area contributed by atoms with E-state index >= 15 is 0 Å². The van der Waals surface area contributed by atoms with Crippen molar-refractivity contribution in [3.05, 3.63) is 0 Å². The van der Waals surface area contributed by atoms with Gasteiger partial charge in [0, 0.05) is 18.5 Å². The summed E-state index contributed by atoms with van der Waals surface area (Å²) in [6.45, 7) is 9.98. The SMILES string of the molecule is CCN1CCCCC1CC1(C)NC(C)CO1. The van der Waals surface area contributed by atoms with Gasteiger partial charge in [0.05, 0.1) is 6.61 Å². The van der Waals surface area contributed by atoms with Crippen molar-refractivity contribution in [1.29, 1.82) is 0 Å². The zero-order valence-electron chi connectivity index (χ0n) is 11.0. The lowest BCUT2D eigenvalue weighted by molar-refractivity contribution is -0.0281. The summed E-state index contributed by atoms with van der Waals surface area (Å²) in [6, 6.07) is 1.21. The Morgan fingerprint density at radius 2 is 2.25 bits per heavy atom. The molecule has 0 bridgehead atoms. The van der Waals surface area contributed by atoms with Crippen molar-refractivity contribution < 1.29 is 4.74 Å². The standard InChI is InChI=1S/C13H26N2O/c1-4-15-8-6-5-7-12(15)9-13(3)14-11(2)10-16-13/h11-12,14H,4-10H2,1-3H3. The molecule has 0 aliphatic carbocycles. The summed E-state index contributed by atoms with van der Waals surface area (Å²) in [6.07, 6.45) is 5.21. The molecule has 0 aromatic rings. The normalized spacial score (nSPS) is 41.4. The van der Waals surface area contributed by atoms with Gasteiger partial charge < -0.3 is 9.64 Å². The van der Waals surface area contributed by atoms with Gasteiger partial charge in [-0.15, -0.1) is 0 Å². The molecule has 2 aliphatic heterocycles. The van der Waals surface area contributed by atoms with Gasteiger partial charge in [-0.05, 0) is 39.8 Å². The Labute approximate surface area is 99.5 Å². The lowest BCUT2D eigenvalue weighted by atomic mass is 9.94. The molecular formula is C13H26N2O. The maximum absolute atomic E-state index is 5.91. The zero-order valence-corrected chi connectivity index (χ0v) is 11.0. The first-order valence-corrected chi connectivity index (χ1v) is 6.78. The summed E-state index contributed by atoms with van der Waals surface area (Å²) >= 11 is 0. The minimum atomic E-state index is -0.0884. The highest BCUT2D eigenvalue weighted by Crippen LogP contribution is 2.28. The molecule has 3 nitrogen and oxygen atoms in total. The number of ether oxygens (including phenoxy) is 1. The van der Waals surface area contributed by atoms with Gasteiger partial charge in [-0.2, -0.15) is 0 Å². The van der Waals surface area contributed by atoms with Gasteiger partial charge in [0.15, 0.2) is 0 Å². The van der Waals surface area contributed by atoms with Crippen LogP contribution in [0.4, 0.5) is 0 Å². The van der Waals surface area contributed by atoms with Gasteiger partial charge in [-0.3, -0.25) is 5.32 Å². The number of hydrogen-bond donors (Lipinski definition) is 1. The van der Waals surface area contributed by atoms with Crippen LogP contribution in [-0.2, 0) is 4.74 Å². The van der Waals surface area contributed by atoms with Crippen LogP contribution in [-0.4, -0.2) is 42.4 Å². The van der Waals surface area contributed by atoms with Crippen molar-refractivity contribution in [3.8, 4) is 0 Å².